The molecule has 1 aliphatic heterocycles. The number of hydrogen-bond donors (Lipinski definition) is 1. The molecule has 1 fully saturated rings. The van der Waals surface area contributed by atoms with Crippen LogP contribution in [0.5, 0.6) is 0 Å². The van der Waals surface area contributed by atoms with E-state index in [4.69, 9.17) is 5.73 Å². The second kappa shape index (κ2) is 6.28. The van der Waals surface area contributed by atoms with Crippen molar-refractivity contribution in [2.24, 2.45) is 5.92 Å². The van der Waals surface area contributed by atoms with Gasteiger partial charge in [0.15, 0.2) is 0 Å². The summed E-state index contributed by atoms with van der Waals surface area (Å²) in [6.45, 7) is 3.89. The van der Waals surface area contributed by atoms with Crippen LogP contribution in [0.2, 0.25) is 0 Å². The highest BCUT2D eigenvalue weighted by Crippen LogP contribution is 2.23. The molecule has 3 nitrogen and oxygen atoms in total. The number of nitrogens with zero attached hydrogens (tertiary/aromatic N) is 1. The molecular weight excluding hydrogens is 263 g/mol. The van der Waals surface area contributed by atoms with Gasteiger partial charge >= 0.3 is 0 Å². The van der Waals surface area contributed by atoms with Crippen molar-refractivity contribution >= 4 is 23.4 Å². The van der Waals surface area contributed by atoms with Gasteiger partial charge in [-0.1, -0.05) is 6.92 Å². The molecular formula is C14H19FN2OS. The molecule has 5 heteroatoms. The molecule has 0 aromatic heterocycles. The topological polar surface area (TPSA) is 46.3 Å². The minimum Gasteiger partial charge on any atom is -0.399 e. The number of carbonyl (C=O) groups excluding carboxylic acids is 1. The van der Waals surface area contributed by atoms with Crippen molar-refractivity contribution < 1.29 is 9.18 Å². The Morgan fingerprint density at radius 3 is 2.74 bits per heavy atom. The third-order valence-electron chi connectivity index (χ3n) is 3.39. The number of nitrogens with two attached hydrogens (primary N) is 1. The van der Waals surface area contributed by atoms with Crippen molar-refractivity contribution in [3.8, 4) is 0 Å². The minimum atomic E-state index is -0.359. The van der Waals surface area contributed by atoms with Gasteiger partial charge in [0.05, 0.1) is 5.75 Å². The lowest BCUT2D eigenvalue weighted by Gasteiger charge is -2.30. The summed E-state index contributed by atoms with van der Waals surface area (Å²) in [6.07, 6.45) is 2.15. The van der Waals surface area contributed by atoms with Gasteiger partial charge in [-0.2, -0.15) is 0 Å². The maximum atomic E-state index is 13.2. The predicted octanol–water partition coefficient (Wildman–Crippen LogP) is 2.76. The van der Waals surface area contributed by atoms with Gasteiger partial charge in [-0.25, -0.2) is 4.39 Å². The van der Waals surface area contributed by atoms with Gasteiger partial charge in [-0.3, -0.25) is 4.79 Å². The number of amides is 1. The molecule has 0 unspecified atom stereocenters. The number of rotatable bonds is 3. The van der Waals surface area contributed by atoms with E-state index in [1.165, 1.54) is 23.9 Å². The molecule has 0 spiro atoms. The Hall–Kier alpha value is -1.23. The molecule has 0 bridgehead atoms. The molecule has 0 radical (unpaired) electrons. The molecule has 1 aliphatic rings. The van der Waals surface area contributed by atoms with Crippen molar-refractivity contribution in [3.63, 3.8) is 0 Å². The number of thioether (sulfide) groups is 1. The molecule has 104 valence electrons. The normalized spacial score (nSPS) is 16.6. The van der Waals surface area contributed by atoms with Crippen LogP contribution in [0.25, 0.3) is 0 Å². The first-order chi connectivity index (χ1) is 9.04. The largest absolute Gasteiger partial charge is 0.399 e. The van der Waals surface area contributed by atoms with Crippen molar-refractivity contribution in [3.05, 3.63) is 24.0 Å². The van der Waals surface area contributed by atoms with E-state index in [0.29, 0.717) is 22.3 Å². The average molecular weight is 282 g/mol. The molecule has 2 rings (SSSR count). The summed E-state index contributed by atoms with van der Waals surface area (Å²) in [7, 11) is 0. The van der Waals surface area contributed by atoms with Crippen LogP contribution in [-0.4, -0.2) is 29.6 Å². The number of benzene rings is 1. The van der Waals surface area contributed by atoms with Crippen LogP contribution in [0.3, 0.4) is 0 Å². The summed E-state index contributed by atoms with van der Waals surface area (Å²) in [4.78, 5) is 14.6. The third kappa shape index (κ3) is 4.13. The third-order valence-corrected chi connectivity index (χ3v) is 4.35. The minimum absolute atomic E-state index is 0.125. The standard InChI is InChI=1S/C14H19FN2OS/c1-10-2-4-17(5-3-10)14(18)9-19-13-7-11(15)6-12(16)8-13/h6-8,10H,2-5,9,16H2,1H3. The average Bonchev–Trinajstić information content (AvgIpc) is 2.36. The fourth-order valence-corrected chi connectivity index (χ4v) is 3.05. The Balaban J connectivity index is 1.86. The van der Waals surface area contributed by atoms with E-state index in [0.717, 1.165) is 25.9 Å². The summed E-state index contributed by atoms with van der Waals surface area (Å²) in [5, 5.41) is 0. The van der Waals surface area contributed by atoms with Gasteiger partial charge in [0.2, 0.25) is 5.91 Å². The Bertz CT molecular complexity index is 439. The first-order valence-corrected chi connectivity index (χ1v) is 7.50. The van der Waals surface area contributed by atoms with Crippen molar-refractivity contribution in [1.82, 2.24) is 4.90 Å². The Kier molecular flexibility index (Phi) is 4.69. The number of hydrogen-bond acceptors (Lipinski definition) is 3. The fourth-order valence-electron chi connectivity index (χ4n) is 2.16. The van der Waals surface area contributed by atoms with Gasteiger partial charge in [0, 0.05) is 23.7 Å². The van der Waals surface area contributed by atoms with Crippen LogP contribution < -0.4 is 5.73 Å². The molecule has 1 heterocycles. The van der Waals surface area contributed by atoms with Gasteiger partial charge in [-0.15, -0.1) is 11.8 Å². The van der Waals surface area contributed by atoms with Crippen LogP contribution >= 0.6 is 11.8 Å². The monoisotopic (exact) mass is 282 g/mol. The van der Waals surface area contributed by atoms with Gasteiger partial charge in [0.1, 0.15) is 5.82 Å². The lowest BCUT2D eigenvalue weighted by molar-refractivity contribution is -0.129. The number of anilines is 1. The molecule has 1 aromatic rings. The quantitative estimate of drug-likeness (QED) is 0.685. The zero-order valence-corrected chi connectivity index (χ0v) is 11.9. The Labute approximate surface area is 117 Å². The van der Waals surface area contributed by atoms with Crippen LogP contribution in [0.15, 0.2) is 23.1 Å². The molecule has 1 amide bonds. The number of likely N-dealkylation sites (tertiary alicyclic amines) is 1. The SMILES string of the molecule is CC1CCN(C(=O)CSc2cc(N)cc(F)c2)CC1. The maximum absolute atomic E-state index is 13.2. The van der Waals surface area contributed by atoms with Crippen molar-refractivity contribution in [2.45, 2.75) is 24.7 Å². The summed E-state index contributed by atoms with van der Waals surface area (Å²) in [6, 6.07) is 4.38. The number of piperidine rings is 1. The first kappa shape index (κ1) is 14.2. The van der Waals surface area contributed by atoms with E-state index in [9.17, 15) is 9.18 Å². The smallest absolute Gasteiger partial charge is 0.232 e. The summed E-state index contributed by atoms with van der Waals surface area (Å²) < 4.78 is 13.2. The van der Waals surface area contributed by atoms with E-state index >= 15 is 0 Å². The van der Waals surface area contributed by atoms with Gasteiger partial charge in [-0.05, 0) is 37.0 Å². The molecule has 19 heavy (non-hydrogen) atoms. The lowest BCUT2D eigenvalue weighted by atomic mass is 9.99. The highest BCUT2D eigenvalue weighted by atomic mass is 32.2. The molecule has 1 aromatic carbocycles. The van der Waals surface area contributed by atoms with Crippen LogP contribution in [0.1, 0.15) is 19.8 Å². The highest BCUT2D eigenvalue weighted by Gasteiger charge is 2.20. The Morgan fingerprint density at radius 1 is 1.42 bits per heavy atom. The van der Waals surface area contributed by atoms with E-state index in [1.807, 2.05) is 4.90 Å². The first-order valence-electron chi connectivity index (χ1n) is 6.51. The molecule has 0 atom stereocenters. The second-order valence-electron chi connectivity index (χ2n) is 5.07. The molecule has 0 saturated carbocycles. The van der Waals surface area contributed by atoms with Gasteiger partial charge < -0.3 is 10.6 Å². The lowest BCUT2D eigenvalue weighted by Crippen LogP contribution is -2.38. The fraction of sp³-hybridized carbons (Fsp3) is 0.500. The summed E-state index contributed by atoms with van der Waals surface area (Å²) in [5.41, 5.74) is 5.97. The predicted molar refractivity (Wildman–Crippen MR) is 76.5 cm³/mol. The van der Waals surface area contributed by atoms with Crippen LogP contribution in [0, 0.1) is 11.7 Å². The van der Waals surface area contributed by atoms with E-state index < -0.39 is 0 Å². The maximum Gasteiger partial charge on any atom is 0.232 e. The summed E-state index contributed by atoms with van der Waals surface area (Å²) >= 11 is 1.34. The van der Waals surface area contributed by atoms with Crippen LogP contribution in [0.4, 0.5) is 10.1 Å². The zero-order chi connectivity index (χ0) is 13.8. The molecule has 2 N–H and O–H groups in total. The molecule has 0 aliphatic carbocycles. The number of nitrogen functional groups attached to an aromatic ring is 1. The van der Waals surface area contributed by atoms with Crippen molar-refractivity contribution in [2.75, 3.05) is 24.6 Å². The van der Waals surface area contributed by atoms with E-state index in [2.05, 4.69) is 6.92 Å². The van der Waals surface area contributed by atoms with E-state index in [-0.39, 0.29) is 11.7 Å². The van der Waals surface area contributed by atoms with Gasteiger partial charge in [0.25, 0.3) is 0 Å². The number of halogens is 1. The number of carbonyl (C=O) groups is 1. The Morgan fingerprint density at radius 2 is 2.11 bits per heavy atom. The van der Waals surface area contributed by atoms with Crippen LogP contribution in [-0.2, 0) is 4.79 Å². The second-order valence-corrected chi connectivity index (χ2v) is 6.12. The highest BCUT2D eigenvalue weighted by molar-refractivity contribution is 8.00. The summed E-state index contributed by atoms with van der Waals surface area (Å²) in [5.74, 6) is 0.818. The van der Waals surface area contributed by atoms with Crippen molar-refractivity contribution in [1.29, 1.82) is 0 Å². The van der Waals surface area contributed by atoms with E-state index in [1.54, 1.807) is 6.07 Å². The molecule has 1 saturated heterocycles. The zero-order valence-electron chi connectivity index (χ0n) is 11.1.